The first-order valence-corrected chi connectivity index (χ1v) is 11.5. The monoisotopic (exact) mass is 450 g/mol. The summed E-state index contributed by atoms with van der Waals surface area (Å²) in [6.45, 7) is 6.32. The van der Waals surface area contributed by atoms with Gasteiger partial charge in [-0.05, 0) is 73.1 Å². The van der Waals surface area contributed by atoms with Gasteiger partial charge in [0.2, 0.25) is 0 Å². The second-order valence-corrected chi connectivity index (χ2v) is 9.62. The molecule has 6 heteroatoms. The van der Waals surface area contributed by atoms with E-state index >= 15 is 0 Å². The fourth-order valence-electron chi connectivity index (χ4n) is 4.08. The van der Waals surface area contributed by atoms with Crippen LogP contribution in [-0.4, -0.2) is 18.5 Å². The third-order valence-corrected chi connectivity index (χ3v) is 6.24. The predicted molar refractivity (Wildman–Crippen MR) is 131 cm³/mol. The highest BCUT2D eigenvalue weighted by Crippen LogP contribution is 2.31. The maximum Gasteiger partial charge on any atom is 0.330 e. The second-order valence-electron chi connectivity index (χ2n) is 9.62. The summed E-state index contributed by atoms with van der Waals surface area (Å²) < 4.78 is 11.0. The standard InChI is InChI=1S/C27H34N2O4/c1-18-4-9-20(10-5-18)26(31)33-22-12-6-19(7-13-22)8-15-25(30)32-17-27(2,3)23-14-11-21(28)16-24(23)29/h6-8,11-16,18,20H,4-5,9-10,17,28-29H2,1-3H3/b15-8+. The summed E-state index contributed by atoms with van der Waals surface area (Å²) in [6, 6.07) is 12.4. The van der Waals surface area contributed by atoms with Gasteiger partial charge in [-0.15, -0.1) is 0 Å². The van der Waals surface area contributed by atoms with Gasteiger partial charge < -0.3 is 20.9 Å². The number of hydrogen-bond donors (Lipinski definition) is 2. The number of nitrogen functional groups attached to an aromatic ring is 2. The molecule has 0 unspecified atom stereocenters. The molecular weight excluding hydrogens is 416 g/mol. The molecular formula is C27H34N2O4. The summed E-state index contributed by atoms with van der Waals surface area (Å²) >= 11 is 0. The first kappa shape index (κ1) is 24.4. The van der Waals surface area contributed by atoms with Gasteiger partial charge in [0, 0.05) is 22.9 Å². The van der Waals surface area contributed by atoms with Crippen molar-refractivity contribution in [3.8, 4) is 5.75 Å². The van der Waals surface area contributed by atoms with Crippen molar-refractivity contribution in [2.24, 2.45) is 11.8 Å². The predicted octanol–water partition coefficient (Wildman–Crippen LogP) is 5.12. The van der Waals surface area contributed by atoms with Crippen molar-refractivity contribution in [3.63, 3.8) is 0 Å². The third kappa shape index (κ3) is 6.85. The van der Waals surface area contributed by atoms with Gasteiger partial charge in [0.25, 0.3) is 0 Å². The SMILES string of the molecule is CC1CCC(C(=O)Oc2ccc(/C=C/C(=O)OCC(C)(C)c3ccc(N)cc3N)cc2)CC1. The lowest BCUT2D eigenvalue weighted by Gasteiger charge is -2.26. The van der Waals surface area contributed by atoms with Crippen LogP contribution in [0.4, 0.5) is 11.4 Å². The van der Waals surface area contributed by atoms with Crippen molar-refractivity contribution in [3.05, 3.63) is 59.7 Å². The summed E-state index contributed by atoms with van der Waals surface area (Å²) in [5, 5.41) is 0. The summed E-state index contributed by atoms with van der Waals surface area (Å²) in [6.07, 6.45) is 6.98. The Hall–Kier alpha value is -3.28. The van der Waals surface area contributed by atoms with Crippen molar-refractivity contribution in [1.82, 2.24) is 0 Å². The van der Waals surface area contributed by atoms with Crippen LogP contribution < -0.4 is 16.2 Å². The van der Waals surface area contributed by atoms with Gasteiger partial charge >= 0.3 is 11.9 Å². The molecule has 0 spiro atoms. The van der Waals surface area contributed by atoms with E-state index in [1.54, 1.807) is 42.5 Å². The highest BCUT2D eigenvalue weighted by Gasteiger charge is 2.26. The van der Waals surface area contributed by atoms with Gasteiger partial charge in [0.15, 0.2) is 0 Å². The molecule has 1 saturated carbocycles. The smallest absolute Gasteiger partial charge is 0.330 e. The number of ether oxygens (including phenoxy) is 2. The van der Waals surface area contributed by atoms with Gasteiger partial charge in [-0.1, -0.05) is 39.0 Å². The second kappa shape index (κ2) is 10.6. The van der Waals surface area contributed by atoms with Crippen molar-refractivity contribution in [1.29, 1.82) is 0 Å². The minimum Gasteiger partial charge on any atom is -0.462 e. The van der Waals surface area contributed by atoms with Crippen molar-refractivity contribution < 1.29 is 19.1 Å². The average molecular weight is 451 g/mol. The Bertz CT molecular complexity index is 1000. The van der Waals surface area contributed by atoms with Crippen LogP contribution in [0.5, 0.6) is 5.75 Å². The van der Waals surface area contributed by atoms with Crippen LogP contribution in [0.3, 0.4) is 0 Å². The normalized spacial score (nSPS) is 18.8. The van der Waals surface area contributed by atoms with Crippen LogP contribution in [0.2, 0.25) is 0 Å². The lowest BCUT2D eigenvalue weighted by atomic mass is 9.83. The van der Waals surface area contributed by atoms with E-state index in [4.69, 9.17) is 20.9 Å². The van der Waals surface area contributed by atoms with Crippen molar-refractivity contribution in [2.45, 2.75) is 51.9 Å². The van der Waals surface area contributed by atoms with E-state index in [1.807, 2.05) is 19.9 Å². The molecule has 4 N–H and O–H groups in total. The highest BCUT2D eigenvalue weighted by molar-refractivity contribution is 5.87. The Labute approximate surface area is 195 Å². The summed E-state index contributed by atoms with van der Waals surface area (Å²) in [7, 11) is 0. The maximum absolute atomic E-state index is 12.4. The number of esters is 2. The largest absolute Gasteiger partial charge is 0.462 e. The molecule has 1 fully saturated rings. The zero-order valence-electron chi connectivity index (χ0n) is 19.7. The van der Waals surface area contributed by atoms with E-state index < -0.39 is 11.4 Å². The van der Waals surface area contributed by atoms with Gasteiger partial charge in [0.05, 0.1) is 5.92 Å². The minimum atomic E-state index is -0.455. The average Bonchev–Trinajstić information content (AvgIpc) is 2.77. The van der Waals surface area contributed by atoms with Crippen LogP contribution in [-0.2, 0) is 19.7 Å². The van der Waals surface area contributed by atoms with E-state index in [-0.39, 0.29) is 18.5 Å². The number of carbonyl (C=O) groups is 2. The Kier molecular flexibility index (Phi) is 7.79. The molecule has 3 rings (SSSR count). The zero-order chi connectivity index (χ0) is 24.0. The van der Waals surface area contributed by atoms with E-state index in [2.05, 4.69) is 6.92 Å². The van der Waals surface area contributed by atoms with E-state index in [0.717, 1.165) is 36.8 Å². The number of hydrogen-bond acceptors (Lipinski definition) is 6. The number of benzene rings is 2. The number of carbonyl (C=O) groups excluding carboxylic acids is 2. The van der Waals surface area contributed by atoms with Gasteiger partial charge in [-0.25, -0.2) is 4.79 Å². The first-order valence-electron chi connectivity index (χ1n) is 11.5. The molecule has 33 heavy (non-hydrogen) atoms. The molecule has 0 saturated heterocycles. The Morgan fingerprint density at radius 1 is 1.03 bits per heavy atom. The van der Waals surface area contributed by atoms with Crippen LogP contribution in [0.1, 0.15) is 57.6 Å². The molecule has 2 aromatic rings. The van der Waals surface area contributed by atoms with Crippen molar-refractivity contribution >= 4 is 29.4 Å². The first-order chi connectivity index (χ1) is 15.6. The van der Waals surface area contributed by atoms with E-state index in [0.29, 0.717) is 23.0 Å². The molecule has 0 heterocycles. The lowest BCUT2D eigenvalue weighted by Crippen LogP contribution is -2.27. The molecule has 0 bridgehead atoms. The summed E-state index contributed by atoms with van der Waals surface area (Å²) in [5.74, 6) is 0.593. The summed E-state index contributed by atoms with van der Waals surface area (Å²) in [5.41, 5.74) is 14.2. The van der Waals surface area contributed by atoms with Gasteiger partial charge in [-0.2, -0.15) is 0 Å². The molecule has 2 aromatic carbocycles. The quantitative estimate of drug-likeness (QED) is 0.263. The molecule has 0 amide bonds. The van der Waals surface area contributed by atoms with Crippen LogP contribution >= 0.6 is 0 Å². The number of anilines is 2. The van der Waals surface area contributed by atoms with Gasteiger partial charge in [-0.3, -0.25) is 4.79 Å². The Morgan fingerprint density at radius 3 is 2.33 bits per heavy atom. The minimum absolute atomic E-state index is 0.0108. The lowest BCUT2D eigenvalue weighted by molar-refractivity contribution is -0.140. The van der Waals surface area contributed by atoms with E-state index in [1.165, 1.54) is 6.08 Å². The zero-order valence-corrected chi connectivity index (χ0v) is 19.7. The summed E-state index contributed by atoms with van der Waals surface area (Å²) in [4.78, 5) is 24.6. The molecule has 0 aromatic heterocycles. The van der Waals surface area contributed by atoms with Crippen LogP contribution in [0.25, 0.3) is 6.08 Å². The van der Waals surface area contributed by atoms with Gasteiger partial charge in [0.1, 0.15) is 12.4 Å². The molecule has 1 aliphatic rings. The number of rotatable bonds is 7. The highest BCUT2D eigenvalue weighted by atomic mass is 16.5. The van der Waals surface area contributed by atoms with Crippen LogP contribution in [0, 0.1) is 11.8 Å². The maximum atomic E-state index is 12.4. The van der Waals surface area contributed by atoms with E-state index in [9.17, 15) is 9.59 Å². The Balaban J connectivity index is 1.50. The van der Waals surface area contributed by atoms with Crippen LogP contribution in [0.15, 0.2) is 48.5 Å². The molecule has 0 aliphatic heterocycles. The fraction of sp³-hybridized carbons (Fsp3) is 0.407. The molecule has 0 radical (unpaired) electrons. The third-order valence-electron chi connectivity index (χ3n) is 6.24. The molecule has 6 nitrogen and oxygen atoms in total. The molecule has 0 atom stereocenters. The van der Waals surface area contributed by atoms with Crippen molar-refractivity contribution in [2.75, 3.05) is 18.1 Å². The molecule has 1 aliphatic carbocycles. The number of nitrogens with two attached hydrogens (primary N) is 2. The molecule has 176 valence electrons. The topological polar surface area (TPSA) is 105 Å². The fourth-order valence-corrected chi connectivity index (χ4v) is 4.08. The Morgan fingerprint density at radius 2 is 1.70 bits per heavy atom.